The molecule has 0 amide bonds. The van der Waals surface area contributed by atoms with E-state index in [4.69, 9.17) is 5.73 Å². The zero-order valence-corrected chi connectivity index (χ0v) is 6.13. The number of carbonyl (C=O) groups is 1. The van der Waals surface area contributed by atoms with Crippen molar-refractivity contribution in [3.05, 3.63) is 29.1 Å². The molecule has 1 aliphatic heterocycles. The molecule has 4 heteroatoms. The summed E-state index contributed by atoms with van der Waals surface area (Å²) in [6.07, 6.45) is 0. The van der Waals surface area contributed by atoms with Crippen LogP contribution in [0.4, 0.5) is 10.1 Å². The first-order valence-corrected chi connectivity index (χ1v) is 3.43. The van der Waals surface area contributed by atoms with Gasteiger partial charge < -0.3 is 10.5 Å². The quantitative estimate of drug-likeness (QED) is 0.464. The lowest BCUT2D eigenvalue weighted by Crippen LogP contribution is -1.97. The number of hydrogen-bond donors (Lipinski definition) is 1. The number of anilines is 1. The van der Waals surface area contributed by atoms with Crippen molar-refractivity contribution < 1.29 is 13.9 Å². The third kappa shape index (κ3) is 0.845. The van der Waals surface area contributed by atoms with E-state index in [-0.39, 0.29) is 17.9 Å². The van der Waals surface area contributed by atoms with E-state index >= 15 is 0 Å². The van der Waals surface area contributed by atoms with E-state index in [1.54, 1.807) is 0 Å². The topological polar surface area (TPSA) is 52.3 Å². The lowest BCUT2D eigenvalue weighted by molar-refractivity contribution is 0.0535. The molecule has 3 nitrogen and oxygen atoms in total. The zero-order chi connectivity index (χ0) is 8.72. The molecule has 1 aromatic rings. The summed E-state index contributed by atoms with van der Waals surface area (Å²) in [7, 11) is 0. The van der Waals surface area contributed by atoms with Crippen LogP contribution >= 0.6 is 0 Å². The van der Waals surface area contributed by atoms with Crippen LogP contribution < -0.4 is 5.73 Å². The summed E-state index contributed by atoms with van der Waals surface area (Å²) in [6, 6.07) is 2.32. The minimum absolute atomic E-state index is 0.153. The molecule has 0 fully saturated rings. The Morgan fingerprint density at radius 1 is 1.50 bits per heavy atom. The monoisotopic (exact) mass is 167 g/mol. The van der Waals surface area contributed by atoms with Gasteiger partial charge in [-0.25, -0.2) is 9.18 Å². The van der Waals surface area contributed by atoms with Crippen LogP contribution in [0, 0.1) is 5.82 Å². The molecule has 0 unspecified atom stereocenters. The maximum absolute atomic E-state index is 12.7. The van der Waals surface area contributed by atoms with Gasteiger partial charge in [0.1, 0.15) is 12.4 Å². The molecule has 0 aromatic heterocycles. The van der Waals surface area contributed by atoms with Gasteiger partial charge in [0.15, 0.2) is 0 Å². The smallest absolute Gasteiger partial charge is 0.339 e. The van der Waals surface area contributed by atoms with E-state index in [1.165, 1.54) is 6.07 Å². The summed E-state index contributed by atoms with van der Waals surface area (Å²) in [6.45, 7) is 0.153. The molecule has 0 radical (unpaired) electrons. The van der Waals surface area contributed by atoms with Crippen molar-refractivity contribution >= 4 is 11.7 Å². The van der Waals surface area contributed by atoms with Gasteiger partial charge in [0, 0.05) is 11.3 Å². The zero-order valence-electron chi connectivity index (χ0n) is 6.13. The number of benzene rings is 1. The van der Waals surface area contributed by atoms with Crippen LogP contribution in [0.15, 0.2) is 12.1 Å². The summed E-state index contributed by atoms with van der Waals surface area (Å²) >= 11 is 0. The fourth-order valence-electron chi connectivity index (χ4n) is 1.22. The number of carbonyl (C=O) groups excluding carboxylic acids is 1. The van der Waals surface area contributed by atoms with Crippen molar-refractivity contribution in [2.75, 3.05) is 5.73 Å². The number of cyclic esters (lactones) is 1. The third-order valence-corrected chi connectivity index (χ3v) is 1.82. The van der Waals surface area contributed by atoms with E-state index in [9.17, 15) is 9.18 Å². The van der Waals surface area contributed by atoms with Crippen LogP contribution in [-0.2, 0) is 11.3 Å². The third-order valence-electron chi connectivity index (χ3n) is 1.82. The van der Waals surface area contributed by atoms with Gasteiger partial charge in [-0.15, -0.1) is 0 Å². The second-order valence-corrected chi connectivity index (χ2v) is 2.60. The molecule has 2 N–H and O–H groups in total. The van der Waals surface area contributed by atoms with Gasteiger partial charge in [-0.1, -0.05) is 0 Å². The summed E-state index contributed by atoms with van der Waals surface area (Å²) in [5.41, 5.74) is 6.56. The summed E-state index contributed by atoms with van der Waals surface area (Å²) < 4.78 is 17.4. The van der Waals surface area contributed by atoms with Crippen LogP contribution in [0.2, 0.25) is 0 Å². The van der Waals surface area contributed by atoms with E-state index in [0.29, 0.717) is 5.56 Å². The highest BCUT2D eigenvalue weighted by Crippen LogP contribution is 2.26. The summed E-state index contributed by atoms with van der Waals surface area (Å²) in [4.78, 5) is 10.9. The summed E-state index contributed by atoms with van der Waals surface area (Å²) in [5, 5.41) is 0. The maximum Gasteiger partial charge on any atom is 0.339 e. The van der Waals surface area contributed by atoms with Crippen molar-refractivity contribution in [3.8, 4) is 0 Å². The Balaban J connectivity index is 2.68. The number of halogens is 1. The molecular weight excluding hydrogens is 161 g/mol. The minimum atomic E-state index is -0.509. The molecule has 1 aromatic carbocycles. The normalized spacial score (nSPS) is 14.2. The first-order chi connectivity index (χ1) is 5.68. The predicted molar refractivity (Wildman–Crippen MR) is 39.9 cm³/mol. The molecule has 62 valence electrons. The molecular formula is C8H6FNO2. The van der Waals surface area contributed by atoms with Gasteiger partial charge in [0.2, 0.25) is 0 Å². The average Bonchev–Trinajstić information content (AvgIpc) is 2.33. The average molecular weight is 167 g/mol. The van der Waals surface area contributed by atoms with Gasteiger partial charge in [-0.3, -0.25) is 0 Å². The van der Waals surface area contributed by atoms with Crippen molar-refractivity contribution in [3.63, 3.8) is 0 Å². The Labute approximate surface area is 67.9 Å². The number of esters is 1. The second kappa shape index (κ2) is 2.20. The van der Waals surface area contributed by atoms with E-state index < -0.39 is 11.8 Å². The maximum atomic E-state index is 12.7. The SMILES string of the molecule is Nc1cc(F)cc2c1COC2=O. The minimum Gasteiger partial charge on any atom is -0.457 e. The van der Waals surface area contributed by atoms with Gasteiger partial charge in [-0.05, 0) is 12.1 Å². The number of ether oxygens (including phenoxy) is 1. The molecule has 1 heterocycles. The van der Waals surface area contributed by atoms with Crippen molar-refractivity contribution in [1.82, 2.24) is 0 Å². The highest BCUT2D eigenvalue weighted by atomic mass is 19.1. The number of fused-ring (bicyclic) bond motifs is 1. The van der Waals surface area contributed by atoms with Crippen molar-refractivity contribution in [1.29, 1.82) is 0 Å². The lowest BCUT2D eigenvalue weighted by Gasteiger charge is -1.98. The second-order valence-electron chi connectivity index (χ2n) is 2.60. The fraction of sp³-hybridized carbons (Fsp3) is 0.125. The van der Waals surface area contributed by atoms with Crippen molar-refractivity contribution in [2.45, 2.75) is 6.61 Å². The van der Waals surface area contributed by atoms with E-state index in [2.05, 4.69) is 4.74 Å². The molecule has 2 rings (SSSR count). The molecule has 0 saturated heterocycles. The number of nitrogen functional groups attached to an aromatic ring is 1. The predicted octanol–water partition coefficient (Wildman–Crippen LogP) is 1.08. The number of hydrogen-bond acceptors (Lipinski definition) is 3. The molecule has 0 bridgehead atoms. The highest BCUT2D eigenvalue weighted by Gasteiger charge is 2.23. The Kier molecular flexibility index (Phi) is 1.30. The van der Waals surface area contributed by atoms with Crippen LogP contribution in [0.3, 0.4) is 0 Å². The van der Waals surface area contributed by atoms with E-state index in [1.807, 2.05) is 0 Å². The molecule has 12 heavy (non-hydrogen) atoms. The van der Waals surface area contributed by atoms with Gasteiger partial charge in [-0.2, -0.15) is 0 Å². The van der Waals surface area contributed by atoms with Crippen LogP contribution in [0.1, 0.15) is 15.9 Å². The van der Waals surface area contributed by atoms with Gasteiger partial charge >= 0.3 is 5.97 Å². The summed E-state index contributed by atoms with van der Waals surface area (Å²) in [5.74, 6) is -1.01. The molecule has 0 saturated carbocycles. The molecule has 0 spiro atoms. The first kappa shape index (κ1) is 7.09. The van der Waals surface area contributed by atoms with Gasteiger partial charge in [0.05, 0.1) is 5.56 Å². The van der Waals surface area contributed by atoms with Crippen LogP contribution in [-0.4, -0.2) is 5.97 Å². The van der Waals surface area contributed by atoms with Crippen LogP contribution in [0.25, 0.3) is 0 Å². The molecule has 0 atom stereocenters. The Bertz CT molecular complexity index is 362. The molecule has 1 aliphatic rings. The lowest BCUT2D eigenvalue weighted by atomic mass is 10.1. The number of rotatable bonds is 0. The fourth-order valence-corrected chi connectivity index (χ4v) is 1.22. The molecule has 0 aliphatic carbocycles. The Hall–Kier alpha value is -1.58. The van der Waals surface area contributed by atoms with Gasteiger partial charge in [0.25, 0.3) is 0 Å². The standard InChI is InChI=1S/C8H6FNO2/c9-4-1-5-6(7(10)2-4)3-12-8(5)11/h1-2H,3,10H2. The Morgan fingerprint density at radius 2 is 2.25 bits per heavy atom. The van der Waals surface area contributed by atoms with E-state index in [0.717, 1.165) is 6.07 Å². The van der Waals surface area contributed by atoms with Crippen molar-refractivity contribution in [2.24, 2.45) is 0 Å². The Morgan fingerprint density at radius 3 is 3.00 bits per heavy atom. The first-order valence-electron chi connectivity index (χ1n) is 3.43. The van der Waals surface area contributed by atoms with Crippen LogP contribution in [0.5, 0.6) is 0 Å². The largest absolute Gasteiger partial charge is 0.457 e. The highest BCUT2D eigenvalue weighted by molar-refractivity contribution is 5.95. The number of nitrogens with two attached hydrogens (primary N) is 1.